The molecule has 1 heterocycles. The molecule has 0 unspecified atom stereocenters. The Hall–Kier alpha value is -3.60. The molecule has 5 nitrogen and oxygen atoms in total. The summed E-state index contributed by atoms with van der Waals surface area (Å²) in [6.07, 6.45) is 33.3. The number of methoxy groups -OCH3 is 1. The van der Waals surface area contributed by atoms with E-state index in [2.05, 4.69) is 79.8 Å². The first-order valence-electron chi connectivity index (χ1n) is 14.3. The topological polar surface area (TPSA) is 49.9 Å². The molecule has 1 saturated heterocycles. The number of nitrogens with zero attached hydrogens (tertiary/aromatic N) is 2. The van der Waals surface area contributed by atoms with Gasteiger partial charge in [0.25, 0.3) is 5.91 Å². The van der Waals surface area contributed by atoms with Crippen molar-refractivity contribution >= 4 is 11.8 Å². The molecule has 2 amide bonds. The zero-order valence-corrected chi connectivity index (χ0v) is 23.8. The van der Waals surface area contributed by atoms with Crippen molar-refractivity contribution in [2.45, 2.75) is 58.3 Å². The van der Waals surface area contributed by atoms with Gasteiger partial charge in [0.15, 0.2) is 0 Å². The molecule has 0 spiro atoms. The minimum Gasteiger partial charge on any atom is -0.496 e. The van der Waals surface area contributed by atoms with E-state index in [1.54, 1.807) is 24.1 Å². The predicted octanol–water partition coefficient (Wildman–Crippen LogP) is 7.46. The average Bonchev–Trinajstić information content (AvgIpc) is 2.97. The molecule has 2 rings (SSSR count). The Labute approximate surface area is 235 Å². The summed E-state index contributed by atoms with van der Waals surface area (Å²) in [5.41, 5.74) is 0.567. The lowest BCUT2D eigenvalue weighted by molar-refractivity contribution is -0.132. The number of carbonyl (C=O) groups excluding carboxylic acids is 2. The molecule has 0 radical (unpaired) electrons. The number of piperazine rings is 1. The second-order valence-corrected chi connectivity index (χ2v) is 9.33. The Morgan fingerprint density at radius 1 is 0.692 bits per heavy atom. The molecule has 1 fully saturated rings. The molecule has 1 aliphatic heterocycles. The highest BCUT2D eigenvalue weighted by Crippen LogP contribution is 2.20. The van der Waals surface area contributed by atoms with E-state index >= 15 is 0 Å². The zero-order valence-electron chi connectivity index (χ0n) is 23.8. The van der Waals surface area contributed by atoms with Gasteiger partial charge >= 0.3 is 0 Å². The lowest BCUT2D eigenvalue weighted by atomic mass is 10.1. The maximum absolute atomic E-state index is 12.8. The van der Waals surface area contributed by atoms with Crippen molar-refractivity contribution < 1.29 is 14.3 Å². The van der Waals surface area contributed by atoms with Crippen LogP contribution in [0.2, 0.25) is 0 Å². The van der Waals surface area contributed by atoms with E-state index in [1.165, 1.54) is 0 Å². The van der Waals surface area contributed by atoms with Crippen LogP contribution in [0.15, 0.2) is 97.2 Å². The highest BCUT2D eigenvalue weighted by atomic mass is 16.5. The third-order valence-electron chi connectivity index (χ3n) is 6.38. The maximum atomic E-state index is 12.8. The number of carbonyl (C=O) groups is 2. The summed E-state index contributed by atoms with van der Waals surface area (Å²) in [6, 6.07) is 7.27. The minimum atomic E-state index is -0.0440. The van der Waals surface area contributed by atoms with Crippen LogP contribution in [0, 0.1) is 0 Å². The number of rotatable bonds is 16. The molecular formula is C34H46N2O3. The van der Waals surface area contributed by atoms with Gasteiger partial charge in [-0.15, -0.1) is 0 Å². The fourth-order valence-electron chi connectivity index (χ4n) is 4.16. The number of allylic oxidation sites excluding steroid dienone is 12. The van der Waals surface area contributed by atoms with Crippen LogP contribution in [0.5, 0.6) is 5.75 Å². The molecule has 1 aromatic rings. The van der Waals surface area contributed by atoms with Gasteiger partial charge in [-0.2, -0.15) is 0 Å². The molecule has 210 valence electrons. The number of para-hydroxylation sites is 1. The quantitative estimate of drug-likeness (QED) is 0.209. The Morgan fingerprint density at radius 3 is 1.67 bits per heavy atom. The van der Waals surface area contributed by atoms with Gasteiger partial charge < -0.3 is 14.5 Å². The van der Waals surface area contributed by atoms with E-state index in [9.17, 15) is 9.59 Å². The van der Waals surface area contributed by atoms with Gasteiger partial charge in [0, 0.05) is 32.6 Å². The second-order valence-electron chi connectivity index (χ2n) is 9.33. The first-order chi connectivity index (χ1) is 19.2. The van der Waals surface area contributed by atoms with E-state index in [4.69, 9.17) is 4.74 Å². The molecule has 0 atom stereocenters. The Bertz CT molecular complexity index is 1020. The summed E-state index contributed by atoms with van der Waals surface area (Å²) in [4.78, 5) is 29.1. The number of hydrogen-bond donors (Lipinski definition) is 0. The zero-order chi connectivity index (χ0) is 28.0. The van der Waals surface area contributed by atoms with Crippen LogP contribution in [-0.4, -0.2) is 54.9 Å². The molecule has 0 aromatic heterocycles. The predicted molar refractivity (Wildman–Crippen MR) is 163 cm³/mol. The minimum absolute atomic E-state index is 0.0440. The fourth-order valence-corrected chi connectivity index (χ4v) is 4.16. The highest BCUT2D eigenvalue weighted by molar-refractivity contribution is 5.97. The largest absolute Gasteiger partial charge is 0.496 e. The van der Waals surface area contributed by atoms with E-state index in [1.807, 2.05) is 17.0 Å². The van der Waals surface area contributed by atoms with Crippen LogP contribution in [-0.2, 0) is 4.79 Å². The van der Waals surface area contributed by atoms with Crippen LogP contribution >= 0.6 is 0 Å². The van der Waals surface area contributed by atoms with E-state index < -0.39 is 0 Å². The first kappa shape index (κ1) is 31.6. The Kier molecular flexibility index (Phi) is 16.5. The standard InChI is InChI=1S/C34H46N2O3/c1-3-4-5-6-7-8-9-10-11-12-13-14-15-16-17-18-19-20-21-26-33(37)35-27-29-36(30-28-35)34(38)31-24-22-23-25-32(31)39-2/h4-5,7-8,10-11,13-14,16-17,19-20,22-25H,3,6,9,12,15,18,21,26-30H2,1-2H3/b5-4-,8-7-,11-10-,14-13-,17-16-,20-19-. The summed E-state index contributed by atoms with van der Waals surface area (Å²) >= 11 is 0. The molecule has 0 bridgehead atoms. The average molecular weight is 531 g/mol. The molecule has 1 aromatic carbocycles. The fraction of sp³-hybridized carbons (Fsp3) is 0.412. The molecule has 0 saturated carbocycles. The highest BCUT2D eigenvalue weighted by Gasteiger charge is 2.25. The monoisotopic (exact) mass is 530 g/mol. The smallest absolute Gasteiger partial charge is 0.257 e. The third-order valence-corrected chi connectivity index (χ3v) is 6.38. The van der Waals surface area contributed by atoms with Gasteiger partial charge in [0.2, 0.25) is 5.91 Å². The molecule has 1 aliphatic rings. The lowest BCUT2D eigenvalue weighted by Crippen LogP contribution is -2.50. The van der Waals surface area contributed by atoms with Crippen molar-refractivity contribution in [3.05, 3.63) is 103 Å². The molecule has 0 aliphatic carbocycles. The molecular weight excluding hydrogens is 484 g/mol. The normalized spacial score (nSPS) is 14.8. The number of amides is 2. The van der Waals surface area contributed by atoms with Gasteiger partial charge in [-0.05, 0) is 57.1 Å². The lowest BCUT2D eigenvalue weighted by Gasteiger charge is -2.35. The number of ether oxygens (including phenoxy) is 1. The van der Waals surface area contributed by atoms with Crippen LogP contribution < -0.4 is 4.74 Å². The number of hydrogen-bond acceptors (Lipinski definition) is 3. The van der Waals surface area contributed by atoms with Crippen molar-refractivity contribution in [3.8, 4) is 5.75 Å². The third kappa shape index (κ3) is 13.2. The van der Waals surface area contributed by atoms with Gasteiger partial charge in [-0.25, -0.2) is 0 Å². The van der Waals surface area contributed by atoms with Gasteiger partial charge in [-0.3, -0.25) is 9.59 Å². The molecule has 39 heavy (non-hydrogen) atoms. The van der Waals surface area contributed by atoms with Crippen LogP contribution in [0.1, 0.15) is 68.6 Å². The maximum Gasteiger partial charge on any atom is 0.257 e. The van der Waals surface area contributed by atoms with Crippen molar-refractivity contribution in [2.24, 2.45) is 0 Å². The van der Waals surface area contributed by atoms with Crippen molar-refractivity contribution in [3.63, 3.8) is 0 Å². The van der Waals surface area contributed by atoms with Crippen LogP contribution in [0.3, 0.4) is 0 Å². The second kappa shape index (κ2) is 20.4. The number of benzene rings is 1. The Balaban J connectivity index is 1.52. The van der Waals surface area contributed by atoms with E-state index in [-0.39, 0.29) is 11.8 Å². The van der Waals surface area contributed by atoms with Crippen molar-refractivity contribution in [1.82, 2.24) is 9.80 Å². The van der Waals surface area contributed by atoms with E-state index in [0.29, 0.717) is 43.9 Å². The summed E-state index contributed by atoms with van der Waals surface area (Å²) in [6.45, 7) is 4.39. The van der Waals surface area contributed by atoms with Crippen LogP contribution in [0.4, 0.5) is 0 Å². The van der Waals surface area contributed by atoms with E-state index in [0.717, 1.165) is 44.9 Å². The summed E-state index contributed by atoms with van der Waals surface area (Å²) in [5.74, 6) is 0.689. The molecule has 5 heteroatoms. The van der Waals surface area contributed by atoms with Crippen molar-refractivity contribution in [1.29, 1.82) is 0 Å². The SMILES string of the molecule is CC/C=C\C/C=C\C/C=C\C/C=C\C/C=C\C/C=C\CCC(=O)N1CCN(C(=O)c2ccccc2OC)CC1. The van der Waals surface area contributed by atoms with Gasteiger partial charge in [-0.1, -0.05) is 92.0 Å². The summed E-state index contributed by atoms with van der Waals surface area (Å²) in [7, 11) is 1.57. The van der Waals surface area contributed by atoms with Crippen LogP contribution in [0.25, 0.3) is 0 Å². The first-order valence-corrected chi connectivity index (χ1v) is 14.3. The Morgan fingerprint density at radius 2 is 1.15 bits per heavy atom. The molecule has 0 N–H and O–H groups in total. The van der Waals surface area contributed by atoms with Gasteiger partial charge in [0.05, 0.1) is 12.7 Å². The van der Waals surface area contributed by atoms with Gasteiger partial charge in [0.1, 0.15) is 5.75 Å². The summed E-state index contributed by atoms with van der Waals surface area (Å²) < 4.78 is 5.32. The van der Waals surface area contributed by atoms with Crippen molar-refractivity contribution in [2.75, 3.05) is 33.3 Å². The summed E-state index contributed by atoms with van der Waals surface area (Å²) in [5, 5.41) is 0.